The molecule has 7 heteroatoms. The van der Waals surface area contributed by atoms with Crippen LogP contribution >= 0.6 is 0 Å². The van der Waals surface area contributed by atoms with E-state index in [1.165, 1.54) is 12.7 Å². The fourth-order valence-corrected chi connectivity index (χ4v) is 4.90. The molecule has 4 rings (SSSR count). The lowest BCUT2D eigenvalue weighted by Gasteiger charge is -2.32. The first-order chi connectivity index (χ1) is 13.7. The normalized spacial score (nSPS) is 26.2. The monoisotopic (exact) mass is 421 g/mol. The van der Waals surface area contributed by atoms with Crippen LogP contribution in [0.4, 0.5) is 4.79 Å². The summed E-state index contributed by atoms with van der Waals surface area (Å²) < 4.78 is 34.5. The molecule has 1 heterocycles. The highest BCUT2D eigenvalue weighted by Gasteiger charge is 2.45. The highest BCUT2D eigenvalue weighted by Crippen LogP contribution is 2.48. The van der Waals surface area contributed by atoms with Crippen LogP contribution in [0.3, 0.4) is 0 Å². The third kappa shape index (κ3) is 5.31. The maximum absolute atomic E-state index is 12.2. The van der Waals surface area contributed by atoms with Gasteiger partial charge in [0.2, 0.25) is 0 Å². The Kier molecular flexibility index (Phi) is 5.64. The molecule has 0 bridgehead atoms. The SMILES string of the molecule is CC1(OC(=O)N2CCC([C@H]3C[C@H]3COCc3ccc(S(C)(=O)=O)cc3)CC2)CC1. The molecule has 2 atom stereocenters. The van der Waals surface area contributed by atoms with E-state index in [0.717, 1.165) is 50.9 Å². The van der Waals surface area contributed by atoms with Crippen molar-refractivity contribution in [3.63, 3.8) is 0 Å². The molecular weight excluding hydrogens is 390 g/mol. The summed E-state index contributed by atoms with van der Waals surface area (Å²) in [6.45, 7) is 4.87. The minimum absolute atomic E-state index is 0.138. The Hall–Kier alpha value is -1.60. The van der Waals surface area contributed by atoms with Gasteiger partial charge in [-0.1, -0.05) is 12.1 Å². The molecule has 29 heavy (non-hydrogen) atoms. The zero-order chi connectivity index (χ0) is 20.6. The molecule has 0 unspecified atom stereocenters. The van der Waals surface area contributed by atoms with E-state index in [9.17, 15) is 13.2 Å². The van der Waals surface area contributed by atoms with E-state index in [1.54, 1.807) is 12.1 Å². The number of benzene rings is 1. The smallest absolute Gasteiger partial charge is 0.410 e. The number of hydrogen-bond acceptors (Lipinski definition) is 5. The summed E-state index contributed by atoms with van der Waals surface area (Å²) in [4.78, 5) is 14.4. The number of likely N-dealkylation sites (tertiary alicyclic amines) is 1. The van der Waals surface area contributed by atoms with Crippen LogP contribution in [0.2, 0.25) is 0 Å². The van der Waals surface area contributed by atoms with Crippen molar-refractivity contribution in [1.82, 2.24) is 4.90 Å². The van der Waals surface area contributed by atoms with Gasteiger partial charge in [0.25, 0.3) is 0 Å². The summed E-state index contributed by atoms with van der Waals surface area (Å²) in [5.74, 6) is 2.00. The summed E-state index contributed by atoms with van der Waals surface area (Å²) in [7, 11) is -3.15. The quantitative estimate of drug-likeness (QED) is 0.672. The van der Waals surface area contributed by atoms with E-state index in [-0.39, 0.29) is 11.7 Å². The maximum Gasteiger partial charge on any atom is 0.410 e. The van der Waals surface area contributed by atoms with Crippen molar-refractivity contribution in [2.75, 3.05) is 26.0 Å². The molecule has 0 radical (unpaired) electrons. The lowest BCUT2D eigenvalue weighted by molar-refractivity contribution is 0.0463. The lowest BCUT2D eigenvalue weighted by Crippen LogP contribution is -2.40. The fraction of sp³-hybridized carbons (Fsp3) is 0.682. The van der Waals surface area contributed by atoms with Crippen LogP contribution < -0.4 is 0 Å². The van der Waals surface area contributed by atoms with Crippen LogP contribution in [0.15, 0.2) is 29.2 Å². The second kappa shape index (κ2) is 7.91. The van der Waals surface area contributed by atoms with E-state index in [4.69, 9.17) is 9.47 Å². The number of amides is 1. The van der Waals surface area contributed by atoms with Crippen LogP contribution in [-0.2, 0) is 25.9 Å². The van der Waals surface area contributed by atoms with Crippen LogP contribution in [0.5, 0.6) is 0 Å². The standard InChI is InChI=1S/C22H31NO5S/c1-22(9-10-22)28-21(24)23-11-7-17(8-12-23)20-13-18(20)15-27-14-16-3-5-19(6-4-16)29(2,25)26/h3-6,17-18,20H,7-15H2,1-2H3/t18-,20+/m0/s1. The van der Waals surface area contributed by atoms with Crippen LogP contribution in [0, 0.1) is 17.8 Å². The molecule has 160 valence electrons. The Labute approximate surface area is 173 Å². The molecule has 6 nitrogen and oxygen atoms in total. The Morgan fingerprint density at radius 2 is 1.83 bits per heavy atom. The second-order valence-corrected chi connectivity index (χ2v) is 11.2. The van der Waals surface area contributed by atoms with Crippen LogP contribution in [-0.4, -0.2) is 51.0 Å². The van der Waals surface area contributed by atoms with Gasteiger partial charge >= 0.3 is 6.09 Å². The predicted molar refractivity (Wildman–Crippen MR) is 109 cm³/mol. The van der Waals surface area contributed by atoms with E-state index >= 15 is 0 Å². The summed E-state index contributed by atoms with van der Waals surface area (Å²) in [5, 5.41) is 0. The number of carbonyl (C=O) groups excluding carboxylic acids is 1. The molecule has 1 aromatic carbocycles. The Bertz CT molecular complexity index is 838. The van der Waals surface area contributed by atoms with E-state index in [2.05, 4.69) is 0 Å². The topological polar surface area (TPSA) is 72.9 Å². The van der Waals surface area contributed by atoms with Crippen LogP contribution in [0.25, 0.3) is 0 Å². The Morgan fingerprint density at radius 3 is 2.41 bits per heavy atom. The molecule has 2 saturated carbocycles. The van der Waals surface area contributed by atoms with Gasteiger partial charge in [0.1, 0.15) is 5.60 Å². The highest BCUT2D eigenvalue weighted by atomic mass is 32.2. The largest absolute Gasteiger partial charge is 0.443 e. The number of ether oxygens (including phenoxy) is 2. The Balaban J connectivity index is 1.14. The molecule has 1 amide bonds. The average molecular weight is 422 g/mol. The van der Waals surface area contributed by atoms with Gasteiger partial charge in [-0.25, -0.2) is 13.2 Å². The predicted octanol–water partition coefficient (Wildman–Crippen LogP) is 3.64. The number of hydrogen-bond donors (Lipinski definition) is 0. The number of carbonyl (C=O) groups is 1. The molecule has 2 aliphatic carbocycles. The third-order valence-corrected chi connectivity index (χ3v) is 7.75. The maximum atomic E-state index is 12.2. The highest BCUT2D eigenvalue weighted by molar-refractivity contribution is 7.90. The summed E-state index contributed by atoms with van der Waals surface area (Å²) in [5.41, 5.74) is 0.795. The molecule has 0 N–H and O–H groups in total. The number of piperidine rings is 1. The van der Waals surface area contributed by atoms with Gasteiger partial charge in [0.15, 0.2) is 9.84 Å². The molecular formula is C22H31NO5S. The molecule has 0 aromatic heterocycles. The summed E-state index contributed by atoms with van der Waals surface area (Å²) in [6.07, 6.45) is 6.37. The first kappa shape index (κ1) is 20.7. The van der Waals surface area contributed by atoms with E-state index in [0.29, 0.717) is 29.3 Å². The van der Waals surface area contributed by atoms with E-state index < -0.39 is 9.84 Å². The van der Waals surface area contributed by atoms with Crippen LogP contribution in [0.1, 0.15) is 44.6 Å². The van der Waals surface area contributed by atoms with Crippen molar-refractivity contribution in [2.24, 2.45) is 17.8 Å². The van der Waals surface area contributed by atoms with Gasteiger partial charge in [-0.2, -0.15) is 0 Å². The number of sulfone groups is 1. The van der Waals surface area contributed by atoms with Crippen molar-refractivity contribution in [3.8, 4) is 0 Å². The molecule has 1 saturated heterocycles. The molecule has 0 spiro atoms. The first-order valence-corrected chi connectivity index (χ1v) is 12.5. The zero-order valence-electron chi connectivity index (χ0n) is 17.3. The molecule has 3 aliphatic rings. The van der Waals surface area contributed by atoms with Gasteiger partial charge in [-0.15, -0.1) is 0 Å². The summed E-state index contributed by atoms with van der Waals surface area (Å²) >= 11 is 0. The van der Waals surface area contributed by atoms with Gasteiger partial charge in [-0.3, -0.25) is 0 Å². The minimum atomic E-state index is -3.15. The van der Waals surface area contributed by atoms with Gasteiger partial charge in [-0.05, 0) is 74.5 Å². The third-order valence-electron chi connectivity index (χ3n) is 6.62. The van der Waals surface area contributed by atoms with Crippen molar-refractivity contribution in [3.05, 3.63) is 29.8 Å². The van der Waals surface area contributed by atoms with Gasteiger partial charge in [0.05, 0.1) is 18.1 Å². The Morgan fingerprint density at radius 1 is 1.17 bits per heavy atom. The van der Waals surface area contributed by atoms with Crippen molar-refractivity contribution >= 4 is 15.9 Å². The molecule has 1 aromatic rings. The van der Waals surface area contributed by atoms with Crippen molar-refractivity contribution in [1.29, 1.82) is 0 Å². The average Bonchev–Trinajstić information content (AvgIpc) is 3.60. The van der Waals surface area contributed by atoms with Crippen molar-refractivity contribution < 1.29 is 22.7 Å². The van der Waals surface area contributed by atoms with Crippen molar-refractivity contribution in [2.45, 2.75) is 56.1 Å². The fourth-order valence-electron chi connectivity index (χ4n) is 4.26. The van der Waals surface area contributed by atoms with Gasteiger partial charge in [0, 0.05) is 19.3 Å². The number of nitrogens with zero attached hydrogens (tertiary/aromatic N) is 1. The summed E-state index contributed by atoms with van der Waals surface area (Å²) in [6, 6.07) is 6.90. The molecule has 3 fully saturated rings. The van der Waals surface area contributed by atoms with E-state index in [1.807, 2.05) is 24.0 Å². The lowest BCUT2D eigenvalue weighted by atomic mass is 9.91. The molecule has 1 aliphatic heterocycles. The number of rotatable bonds is 7. The van der Waals surface area contributed by atoms with Gasteiger partial charge < -0.3 is 14.4 Å². The second-order valence-electron chi connectivity index (χ2n) is 9.23. The first-order valence-electron chi connectivity index (χ1n) is 10.6. The minimum Gasteiger partial charge on any atom is -0.443 e. The zero-order valence-corrected chi connectivity index (χ0v) is 18.1.